The van der Waals surface area contributed by atoms with Gasteiger partial charge in [0.2, 0.25) is 0 Å². The molecule has 0 aliphatic carbocycles. The molecule has 4 nitrogen and oxygen atoms in total. The van der Waals surface area contributed by atoms with Crippen molar-refractivity contribution in [3.63, 3.8) is 0 Å². The van der Waals surface area contributed by atoms with Crippen molar-refractivity contribution < 1.29 is 19.1 Å². The summed E-state index contributed by atoms with van der Waals surface area (Å²) >= 11 is 0. The van der Waals surface area contributed by atoms with Crippen LogP contribution in [0.2, 0.25) is 25.7 Å². The second-order valence-corrected chi connectivity index (χ2v) is 16.9. The minimum atomic E-state index is -0.975. The van der Waals surface area contributed by atoms with Crippen LogP contribution in [-0.2, 0) is 19.1 Å². The molecule has 0 aromatic heterocycles. The lowest BCUT2D eigenvalue weighted by atomic mass is 9.90. The molecular weight excluding hydrogens is 452 g/mol. The molecular formula is C30H70O4Si. The Labute approximate surface area is 224 Å². The lowest BCUT2D eigenvalue weighted by Gasteiger charge is -2.22. The molecule has 0 aliphatic heterocycles. The van der Waals surface area contributed by atoms with E-state index in [0.717, 1.165) is 25.7 Å². The first-order valence-electron chi connectivity index (χ1n) is 12.5. The smallest absolute Gasteiger partial charge is 0.311 e. The first kappa shape index (κ1) is 47.4. The van der Waals surface area contributed by atoms with Crippen molar-refractivity contribution in [3.05, 3.63) is 0 Å². The standard InChI is InChI=1S/C14H28O2.C12H26O2Si.4CH4/c1-6-9-10-12(7-2)11-16-13(15)14(4,5)8-3;1-7-12(2,3)11(13)14-9-8-10-15(4,5)6;;;;/h12H,6-11H2,1-5H3;7-10H2,1-6H3;4*1H4. The van der Waals surface area contributed by atoms with Gasteiger partial charge in [-0.05, 0) is 59.3 Å². The summed E-state index contributed by atoms with van der Waals surface area (Å²) < 4.78 is 10.7. The zero-order valence-corrected chi connectivity index (χ0v) is 23.8. The van der Waals surface area contributed by atoms with E-state index in [2.05, 4.69) is 33.5 Å². The molecule has 5 heteroatoms. The van der Waals surface area contributed by atoms with E-state index < -0.39 is 8.07 Å². The molecule has 0 spiro atoms. The van der Waals surface area contributed by atoms with Crippen molar-refractivity contribution >= 4 is 20.0 Å². The predicted octanol–water partition coefficient (Wildman–Crippen LogP) is 10.4. The number of rotatable bonds is 14. The number of unbranched alkanes of at least 4 members (excludes halogenated alkanes) is 1. The normalized spacial score (nSPS) is 11.6. The summed E-state index contributed by atoms with van der Waals surface area (Å²) in [4.78, 5) is 23.4. The fourth-order valence-electron chi connectivity index (χ4n) is 2.54. The Kier molecular flexibility index (Phi) is 31.9. The van der Waals surface area contributed by atoms with Gasteiger partial charge in [-0.15, -0.1) is 0 Å². The van der Waals surface area contributed by atoms with Gasteiger partial charge in [0.15, 0.2) is 0 Å². The zero-order valence-electron chi connectivity index (χ0n) is 22.8. The van der Waals surface area contributed by atoms with E-state index in [-0.39, 0.29) is 52.5 Å². The van der Waals surface area contributed by atoms with Crippen LogP contribution in [0.1, 0.15) is 130 Å². The number of carbonyl (C=O) groups excluding carboxylic acids is 2. The minimum absolute atomic E-state index is 0. The average Bonchev–Trinajstić information content (AvgIpc) is 2.70. The summed E-state index contributed by atoms with van der Waals surface area (Å²) in [6.45, 7) is 24.4. The van der Waals surface area contributed by atoms with Gasteiger partial charge in [0.1, 0.15) is 0 Å². The molecule has 0 saturated carbocycles. The van der Waals surface area contributed by atoms with E-state index in [9.17, 15) is 9.59 Å². The van der Waals surface area contributed by atoms with Gasteiger partial charge in [-0.25, -0.2) is 0 Å². The van der Waals surface area contributed by atoms with Gasteiger partial charge < -0.3 is 9.47 Å². The van der Waals surface area contributed by atoms with Crippen LogP contribution in [0, 0.1) is 16.7 Å². The summed E-state index contributed by atoms with van der Waals surface area (Å²) in [5.74, 6) is 0.432. The van der Waals surface area contributed by atoms with Crippen molar-refractivity contribution in [3.8, 4) is 0 Å². The van der Waals surface area contributed by atoms with Crippen molar-refractivity contribution in [1.82, 2.24) is 0 Å². The number of ether oxygens (including phenoxy) is 2. The maximum Gasteiger partial charge on any atom is 0.311 e. The highest BCUT2D eigenvalue weighted by Crippen LogP contribution is 2.23. The summed E-state index contributed by atoms with van der Waals surface area (Å²) in [6, 6.07) is 1.23. The Hall–Kier alpha value is -0.843. The molecule has 1 atom stereocenters. The fraction of sp³-hybridized carbons (Fsp3) is 0.933. The van der Waals surface area contributed by atoms with E-state index in [0.29, 0.717) is 19.1 Å². The van der Waals surface area contributed by atoms with Crippen LogP contribution in [-0.4, -0.2) is 33.2 Å². The lowest BCUT2D eigenvalue weighted by molar-refractivity contribution is -0.156. The van der Waals surface area contributed by atoms with Crippen molar-refractivity contribution in [2.45, 2.75) is 156 Å². The maximum absolute atomic E-state index is 11.8. The largest absolute Gasteiger partial charge is 0.465 e. The van der Waals surface area contributed by atoms with Gasteiger partial charge in [0, 0.05) is 8.07 Å². The molecule has 0 heterocycles. The molecule has 1 unspecified atom stereocenters. The van der Waals surface area contributed by atoms with E-state index in [1.54, 1.807) is 0 Å². The van der Waals surface area contributed by atoms with Gasteiger partial charge in [0.25, 0.3) is 0 Å². The molecule has 0 aromatic carbocycles. The molecule has 0 aromatic rings. The Morgan fingerprint density at radius 1 is 0.743 bits per heavy atom. The zero-order chi connectivity index (χ0) is 24.7. The van der Waals surface area contributed by atoms with Crippen LogP contribution >= 0.6 is 0 Å². The molecule has 0 rings (SSSR count). The highest BCUT2D eigenvalue weighted by Gasteiger charge is 2.28. The minimum Gasteiger partial charge on any atom is -0.465 e. The highest BCUT2D eigenvalue weighted by molar-refractivity contribution is 6.76. The molecule has 0 N–H and O–H groups in total. The van der Waals surface area contributed by atoms with Crippen LogP contribution in [0.25, 0.3) is 0 Å². The predicted molar refractivity (Wildman–Crippen MR) is 163 cm³/mol. The van der Waals surface area contributed by atoms with Gasteiger partial charge in [0.05, 0.1) is 24.0 Å². The van der Waals surface area contributed by atoms with Gasteiger partial charge in [-0.3, -0.25) is 9.59 Å². The Morgan fingerprint density at radius 3 is 1.51 bits per heavy atom. The van der Waals surface area contributed by atoms with Crippen LogP contribution < -0.4 is 0 Å². The molecule has 0 amide bonds. The van der Waals surface area contributed by atoms with Gasteiger partial charge >= 0.3 is 11.9 Å². The molecule has 0 fully saturated rings. The first-order chi connectivity index (χ1) is 14.2. The van der Waals surface area contributed by atoms with E-state index >= 15 is 0 Å². The van der Waals surface area contributed by atoms with E-state index in [4.69, 9.17) is 9.47 Å². The number of carbonyl (C=O) groups is 2. The van der Waals surface area contributed by atoms with Crippen LogP contribution in [0.5, 0.6) is 0 Å². The Bertz CT molecular complexity index is 493. The highest BCUT2D eigenvalue weighted by atomic mass is 28.3. The molecule has 218 valence electrons. The third-order valence-corrected chi connectivity index (χ3v) is 8.02. The first-order valence-corrected chi connectivity index (χ1v) is 16.2. The van der Waals surface area contributed by atoms with Gasteiger partial charge in [-0.2, -0.15) is 0 Å². The number of hydrogen-bond acceptors (Lipinski definition) is 4. The summed E-state index contributed by atoms with van der Waals surface area (Å²) in [5.41, 5.74) is -0.651. The number of esters is 2. The molecule has 0 radical (unpaired) electrons. The molecule has 0 saturated heterocycles. The average molecular weight is 523 g/mol. The third-order valence-electron chi connectivity index (χ3n) is 6.17. The maximum atomic E-state index is 11.8. The summed E-state index contributed by atoms with van der Waals surface area (Å²) in [5, 5.41) is 0. The molecule has 0 aliphatic rings. The fourth-order valence-corrected chi connectivity index (χ4v) is 3.74. The summed E-state index contributed by atoms with van der Waals surface area (Å²) in [7, 11) is -0.975. The van der Waals surface area contributed by atoms with Crippen molar-refractivity contribution in [2.75, 3.05) is 13.2 Å². The topological polar surface area (TPSA) is 52.6 Å². The van der Waals surface area contributed by atoms with Crippen molar-refractivity contribution in [1.29, 1.82) is 0 Å². The van der Waals surface area contributed by atoms with E-state index in [1.807, 2.05) is 41.5 Å². The molecule has 0 bridgehead atoms. The number of hydrogen-bond donors (Lipinski definition) is 0. The third kappa shape index (κ3) is 24.6. The monoisotopic (exact) mass is 523 g/mol. The Balaban J connectivity index is -0.000000108. The van der Waals surface area contributed by atoms with Crippen molar-refractivity contribution in [2.24, 2.45) is 16.7 Å². The summed E-state index contributed by atoms with van der Waals surface area (Å²) in [6.07, 6.45) is 7.39. The van der Waals surface area contributed by atoms with E-state index in [1.165, 1.54) is 25.3 Å². The van der Waals surface area contributed by atoms with Gasteiger partial charge in [-0.1, -0.05) is 102 Å². The SMILES string of the molecule is C.C.C.C.CCC(C)(C)C(=O)OCCC[Si](C)(C)C.CCCCC(CC)COC(=O)C(C)(C)CC. The second-order valence-electron chi connectivity index (χ2n) is 11.3. The van der Waals surface area contributed by atoms with Crippen LogP contribution in [0.15, 0.2) is 0 Å². The quantitative estimate of drug-likeness (QED) is 0.129. The van der Waals surface area contributed by atoms with Crippen LogP contribution in [0.4, 0.5) is 0 Å². The lowest BCUT2D eigenvalue weighted by Crippen LogP contribution is -2.27. The molecule has 35 heavy (non-hydrogen) atoms. The van der Waals surface area contributed by atoms with Crippen LogP contribution in [0.3, 0.4) is 0 Å². The Morgan fingerprint density at radius 2 is 1.17 bits per heavy atom. The second kappa shape index (κ2) is 23.5.